The first-order chi connectivity index (χ1) is 12.0. The van der Waals surface area contributed by atoms with Crippen molar-refractivity contribution in [2.24, 2.45) is 5.41 Å². The number of nitrogens with zero attached hydrogens (tertiary/aromatic N) is 1. The van der Waals surface area contributed by atoms with Crippen LogP contribution in [0.1, 0.15) is 44.0 Å². The van der Waals surface area contributed by atoms with Crippen molar-refractivity contribution in [1.82, 2.24) is 10.2 Å². The zero-order valence-electron chi connectivity index (χ0n) is 15.0. The van der Waals surface area contributed by atoms with E-state index in [1.165, 1.54) is 12.1 Å². The third kappa shape index (κ3) is 5.64. The van der Waals surface area contributed by atoms with Crippen molar-refractivity contribution in [1.29, 1.82) is 0 Å². The second kappa shape index (κ2) is 7.55. The number of carbonyl (C=O) groups is 2. The number of alkyl halides is 3. The third-order valence-electron chi connectivity index (χ3n) is 4.11. The molecule has 1 N–H and O–H groups in total. The lowest BCUT2D eigenvalue weighted by atomic mass is 9.93. The molecule has 5 nitrogen and oxygen atoms in total. The SMILES string of the molecule is CC(C)(C)C(=O)N1CCC(NC(=O)c2ccc(OC(F)(F)F)cc2)CC1. The first-order valence-corrected chi connectivity index (χ1v) is 8.42. The summed E-state index contributed by atoms with van der Waals surface area (Å²) in [5.74, 6) is -0.644. The predicted molar refractivity (Wildman–Crippen MR) is 89.6 cm³/mol. The summed E-state index contributed by atoms with van der Waals surface area (Å²) >= 11 is 0. The molecule has 144 valence electrons. The molecule has 0 unspecified atom stereocenters. The molecule has 0 bridgehead atoms. The van der Waals surface area contributed by atoms with Gasteiger partial charge in [0.15, 0.2) is 0 Å². The maximum atomic E-state index is 12.2. The van der Waals surface area contributed by atoms with Crippen molar-refractivity contribution in [3.05, 3.63) is 29.8 Å². The molecular weight excluding hydrogens is 349 g/mol. The Morgan fingerprint density at radius 2 is 1.62 bits per heavy atom. The Kier molecular flexibility index (Phi) is 5.83. The van der Waals surface area contributed by atoms with E-state index in [9.17, 15) is 22.8 Å². The fourth-order valence-electron chi connectivity index (χ4n) is 2.78. The minimum absolute atomic E-state index is 0.0716. The zero-order chi connectivity index (χ0) is 19.5. The molecule has 1 fully saturated rings. The number of halogens is 3. The van der Waals surface area contributed by atoms with Crippen molar-refractivity contribution in [2.75, 3.05) is 13.1 Å². The van der Waals surface area contributed by atoms with Gasteiger partial charge >= 0.3 is 6.36 Å². The zero-order valence-corrected chi connectivity index (χ0v) is 15.0. The molecule has 1 saturated heterocycles. The summed E-state index contributed by atoms with van der Waals surface area (Å²) in [6.07, 6.45) is -3.48. The Bertz CT molecular complexity index is 643. The van der Waals surface area contributed by atoms with Crippen LogP contribution in [0.15, 0.2) is 24.3 Å². The molecule has 0 atom stereocenters. The molecule has 1 aromatic rings. The highest BCUT2D eigenvalue weighted by Gasteiger charge is 2.32. The molecule has 1 aliphatic rings. The van der Waals surface area contributed by atoms with Crippen LogP contribution in [0, 0.1) is 5.41 Å². The fraction of sp³-hybridized carbons (Fsp3) is 0.556. The Hall–Kier alpha value is -2.25. The normalized spacial score (nSPS) is 16.3. The lowest BCUT2D eigenvalue weighted by molar-refractivity contribution is -0.274. The Labute approximate surface area is 150 Å². The van der Waals surface area contributed by atoms with E-state index < -0.39 is 11.8 Å². The number of nitrogens with one attached hydrogen (secondary N) is 1. The van der Waals surface area contributed by atoms with E-state index in [4.69, 9.17) is 0 Å². The molecule has 0 saturated carbocycles. The van der Waals surface area contributed by atoms with E-state index in [1.54, 1.807) is 4.90 Å². The smallest absolute Gasteiger partial charge is 0.406 e. The van der Waals surface area contributed by atoms with Gasteiger partial charge in [-0.25, -0.2) is 0 Å². The third-order valence-corrected chi connectivity index (χ3v) is 4.11. The summed E-state index contributed by atoms with van der Waals surface area (Å²) in [6, 6.07) is 4.71. The second-order valence-electron chi connectivity index (χ2n) is 7.36. The van der Waals surface area contributed by atoms with Gasteiger partial charge in [-0.3, -0.25) is 9.59 Å². The highest BCUT2D eigenvalue weighted by Crippen LogP contribution is 2.23. The van der Waals surface area contributed by atoms with Gasteiger partial charge in [-0.2, -0.15) is 0 Å². The first-order valence-electron chi connectivity index (χ1n) is 8.42. The van der Waals surface area contributed by atoms with Crippen LogP contribution in [0.2, 0.25) is 0 Å². The molecule has 0 spiro atoms. The average Bonchev–Trinajstić information content (AvgIpc) is 2.53. The Morgan fingerprint density at radius 1 is 1.08 bits per heavy atom. The van der Waals surface area contributed by atoms with E-state index in [1.807, 2.05) is 20.8 Å². The molecule has 1 heterocycles. The first kappa shape index (κ1) is 20.1. The molecule has 2 rings (SSSR count). The summed E-state index contributed by atoms with van der Waals surface area (Å²) in [5.41, 5.74) is -0.177. The predicted octanol–water partition coefficient (Wildman–Crippen LogP) is 3.35. The highest BCUT2D eigenvalue weighted by molar-refractivity contribution is 5.94. The van der Waals surface area contributed by atoms with Gasteiger partial charge < -0.3 is 15.0 Å². The number of benzene rings is 1. The minimum atomic E-state index is -4.76. The number of piperidine rings is 1. The number of amides is 2. The molecular formula is C18H23F3N2O3. The summed E-state index contributed by atoms with van der Waals surface area (Å²) in [5, 5.41) is 2.86. The summed E-state index contributed by atoms with van der Waals surface area (Å²) in [4.78, 5) is 26.3. The fourth-order valence-corrected chi connectivity index (χ4v) is 2.78. The van der Waals surface area contributed by atoms with E-state index >= 15 is 0 Å². The maximum Gasteiger partial charge on any atom is 0.573 e. The number of likely N-dealkylation sites (tertiary alicyclic amines) is 1. The lowest BCUT2D eigenvalue weighted by Gasteiger charge is -2.36. The van der Waals surface area contributed by atoms with Gasteiger partial charge in [-0.15, -0.1) is 13.2 Å². The number of hydrogen-bond acceptors (Lipinski definition) is 3. The monoisotopic (exact) mass is 372 g/mol. The summed E-state index contributed by atoms with van der Waals surface area (Å²) in [7, 11) is 0. The molecule has 8 heteroatoms. The lowest BCUT2D eigenvalue weighted by Crippen LogP contribution is -2.49. The van der Waals surface area contributed by atoms with Gasteiger partial charge in [0.05, 0.1) is 0 Å². The quantitative estimate of drug-likeness (QED) is 0.885. The highest BCUT2D eigenvalue weighted by atomic mass is 19.4. The van der Waals surface area contributed by atoms with Crippen LogP contribution in [0.5, 0.6) is 5.75 Å². The topological polar surface area (TPSA) is 58.6 Å². The molecule has 0 aliphatic carbocycles. The van der Waals surface area contributed by atoms with Gasteiger partial charge in [-0.1, -0.05) is 20.8 Å². The van der Waals surface area contributed by atoms with Crippen LogP contribution in [-0.4, -0.2) is 42.2 Å². The van der Waals surface area contributed by atoms with Crippen molar-refractivity contribution < 1.29 is 27.5 Å². The molecule has 0 aromatic heterocycles. The molecule has 1 aliphatic heterocycles. The minimum Gasteiger partial charge on any atom is -0.406 e. The average molecular weight is 372 g/mol. The molecule has 0 radical (unpaired) electrons. The second-order valence-corrected chi connectivity index (χ2v) is 7.36. The van der Waals surface area contributed by atoms with Crippen LogP contribution in [-0.2, 0) is 4.79 Å². The number of carbonyl (C=O) groups excluding carboxylic acids is 2. The molecule has 1 aromatic carbocycles. The van der Waals surface area contributed by atoms with E-state index in [0.717, 1.165) is 12.1 Å². The van der Waals surface area contributed by atoms with Gasteiger partial charge in [0.1, 0.15) is 5.75 Å². The van der Waals surface area contributed by atoms with Gasteiger partial charge in [0, 0.05) is 30.1 Å². The van der Waals surface area contributed by atoms with Crippen molar-refractivity contribution in [2.45, 2.75) is 46.0 Å². The van der Waals surface area contributed by atoms with Crippen LogP contribution in [0.4, 0.5) is 13.2 Å². The van der Waals surface area contributed by atoms with E-state index in [-0.39, 0.29) is 29.2 Å². The summed E-state index contributed by atoms with van der Waals surface area (Å²) in [6.45, 7) is 6.75. The van der Waals surface area contributed by atoms with Gasteiger partial charge in [0.25, 0.3) is 5.91 Å². The summed E-state index contributed by atoms with van der Waals surface area (Å²) < 4.78 is 40.2. The van der Waals surface area contributed by atoms with Gasteiger partial charge in [-0.05, 0) is 37.1 Å². The van der Waals surface area contributed by atoms with E-state index in [2.05, 4.69) is 10.1 Å². The van der Waals surface area contributed by atoms with Crippen LogP contribution >= 0.6 is 0 Å². The Morgan fingerprint density at radius 3 is 2.08 bits per heavy atom. The van der Waals surface area contributed by atoms with E-state index in [0.29, 0.717) is 25.9 Å². The van der Waals surface area contributed by atoms with Crippen molar-refractivity contribution >= 4 is 11.8 Å². The molecule has 26 heavy (non-hydrogen) atoms. The standard InChI is InChI=1S/C18H23F3N2O3/c1-17(2,3)16(25)23-10-8-13(9-11-23)22-15(24)12-4-6-14(7-5-12)26-18(19,20)21/h4-7,13H,8-11H2,1-3H3,(H,22,24). The largest absolute Gasteiger partial charge is 0.573 e. The Balaban J connectivity index is 1.86. The van der Waals surface area contributed by atoms with Crippen molar-refractivity contribution in [3.63, 3.8) is 0 Å². The molecule has 2 amide bonds. The van der Waals surface area contributed by atoms with Crippen LogP contribution < -0.4 is 10.1 Å². The van der Waals surface area contributed by atoms with Crippen LogP contribution in [0.25, 0.3) is 0 Å². The number of hydrogen-bond donors (Lipinski definition) is 1. The number of ether oxygens (including phenoxy) is 1. The maximum absolute atomic E-state index is 12.2. The van der Waals surface area contributed by atoms with Gasteiger partial charge in [0.2, 0.25) is 5.91 Å². The number of rotatable bonds is 3. The van der Waals surface area contributed by atoms with Crippen molar-refractivity contribution in [3.8, 4) is 5.75 Å². The van der Waals surface area contributed by atoms with Crippen LogP contribution in [0.3, 0.4) is 0 Å².